The van der Waals surface area contributed by atoms with Gasteiger partial charge in [0.1, 0.15) is 0 Å². The molecule has 0 radical (unpaired) electrons. The maximum absolute atomic E-state index is 11.5. The number of rotatable bonds is 3. The van der Waals surface area contributed by atoms with Gasteiger partial charge in [0.2, 0.25) is 5.91 Å². The van der Waals surface area contributed by atoms with Crippen molar-refractivity contribution in [3.8, 4) is 0 Å². The Morgan fingerprint density at radius 2 is 1.58 bits per heavy atom. The highest BCUT2D eigenvalue weighted by Gasteiger charge is 2.25. The van der Waals surface area contributed by atoms with E-state index in [-0.39, 0.29) is 5.56 Å². The molecule has 0 aromatic heterocycles. The number of aromatic carboxylic acids is 2. The predicted molar refractivity (Wildman–Crippen MR) is 66.4 cm³/mol. The summed E-state index contributed by atoms with van der Waals surface area (Å²) in [6, 6.07) is 7.58. The topological polar surface area (TPSA) is 118 Å². The molecule has 2 aromatic carbocycles. The van der Waals surface area contributed by atoms with Crippen molar-refractivity contribution in [3.05, 3.63) is 47.0 Å². The molecule has 0 spiro atoms. The lowest BCUT2D eigenvalue weighted by Gasteiger charge is -2.10. The summed E-state index contributed by atoms with van der Waals surface area (Å²) in [6.45, 7) is 0. The molecule has 6 heteroatoms. The minimum atomic E-state index is -1.50. The molecule has 0 saturated heterocycles. The Balaban J connectivity index is 3.04. The zero-order valence-electron chi connectivity index (χ0n) is 9.58. The summed E-state index contributed by atoms with van der Waals surface area (Å²) in [4.78, 5) is 33.8. The number of carbonyl (C=O) groups is 3. The normalized spacial score (nSPS) is 10.3. The number of benzene rings is 2. The fourth-order valence-electron chi connectivity index (χ4n) is 1.99. The summed E-state index contributed by atoms with van der Waals surface area (Å²) in [6.07, 6.45) is 0. The average Bonchev–Trinajstić information content (AvgIpc) is 2.35. The van der Waals surface area contributed by atoms with E-state index < -0.39 is 29.0 Å². The Labute approximate surface area is 107 Å². The second-order valence-corrected chi connectivity index (χ2v) is 3.87. The minimum Gasteiger partial charge on any atom is -0.478 e. The summed E-state index contributed by atoms with van der Waals surface area (Å²) in [5.41, 5.74) is 3.86. The van der Waals surface area contributed by atoms with Gasteiger partial charge < -0.3 is 15.9 Å². The zero-order chi connectivity index (χ0) is 14.2. The molecule has 0 fully saturated rings. The van der Waals surface area contributed by atoms with Crippen LogP contribution in [-0.4, -0.2) is 28.1 Å². The summed E-state index contributed by atoms with van der Waals surface area (Å²) < 4.78 is 0. The number of carboxylic acid groups (broad SMARTS) is 2. The molecule has 1 amide bonds. The number of hydrogen-bond donors (Lipinski definition) is 3. The van der Waals surface area contributed by atoms with Crippen LogP contribution in [0.3, 0.4) is 0 Å². The van der Waals surface area contributed by atoms with Gasteiger partial charge >= 0.3 is 11.9 Å². The number of carboxylic acids is 2. The van der Waals surface area contributed by atoms with Gasteiger partial charge in [0.15, 0.2) is 0 Å². The van der Waals surface area contributed by atoms with Gasteiger partial charge in [0.05, 0.1) is 16.7 Å². The van der Waals surface area contributed by atoms with E-state index in [0.29, 0.717) is 10.8 Å². The molecular weight excluding hydrogens is 250 g/mol. The molecule has 0 bridgehead atoms. The molecule has 0 aliphatic heterocycles. The van der Waals surface area contributed by atoms with Crippen LogP contribution in [0.5, 0.6) is 0 Å². The van der Waals surface area contributed by atoms with Gasteiger partial charge in [-0.2, -0.15) is 0 Å². The first-order chi connectivity index (χ1) is 8.93. The number of nitrogens with two attached hydrogens (primary N) is 1. The van der Waals surface area contributed by atoms with Crippen LogP contribution in [0.4, 0.5) is 0 Å². The van der Waals surface area contributed by atoms with Crippen molar-refractivity contribution in [3.63, 3.8) is 0 Å². The first kappa shape index (κ1) is 12.6. The van der Waals surface area contributed by atoms with Crippen LogP contribution in [0, 0.1) is 0 Å². The maximum atomic E-state index is 11.5. The molecule has 6 nitrogen and oxygen atoms in total. The highest BCUT2D eigenvalue weighted by atomic mass is 16.4. The lowest BCUT2D eigenvalue weighted by atomic mass is 9.93. The molecule has 19 heavy (non-hydrogen) atoms. The number of carbonyl (C=O) groups excluding carboxylic acids is 1. The van der Waals surface area contributed by atoms with E-state index in [1.165, 1.54) is 12.1 Å². The van der Waals surface area contributed by atoms with Crippen LogP contribution in [0.1, 0.15) is 31.1 Å². The van der Waals surface area contributed by atoms with Crippen LogP contribution in [-0.2, 0) is 0 Å². The third-order valence-electron chi connectivity index (χ3n) is 2.74. The molecule has 0 saturated carbocycles. The number of amides is 1. The first-order valence-corrected chi connectivity index (χ1v) is 5.25. The molecule has 0 aliphatic rings. The van der Waals surface area contributed by atoms with Crippen LogP contribution in [0.2, 0.25) is 0 Å². The lowest BCUT2D eigenvalue weighted by Crippen LogP contribution is -2.20. The molecule has 0 unspecified atom stereocenters. The summed E-state index contributed by atoms with van der Waals surface area (Å²) in [5, 5.41) is 19.0. The monoisotopic (exact) mass is 259 g/mol. The minimum absolute atomic E-state index is 0.289. The van der Waals surface area contributed by atoms with E-state index in [0.717, 1.165) is 0 Å². The first-order valence-electron chi connectivity index (χ1n) is 5.25. The second-order valence-electron chi connectivity index (χ2n) is 3.87. The lowest BCUT2D eigenvalue weighted by molar-refractivity contribution is 0.0650. The molecule has 2 rings (SSSR count). The molecular formula is C13H9NO5. The Hall–Kier alpha value is -2.89. The van der Waals surface area contributed by atoms with Crippen LogP contribution < -0.4 is 5.73 Å². The smallest absolute Gasteiger partial charge is 0.337 e. The van der Waals surface area contributed by atoms with E-state index in [1.54, 1.807) is 18.2 Å². The van der Waals surface area contributed by atoms with Crippen molar-refractivity contribution >= 4 is 28.6 Å². The fourth-order valence-corrected chi connectivity index (χ4v) is 1.99. The molecule has 0 heterocycles. The molecule has 2 aromatic rings. The number of fused-ring (bicyclic) bond motifs is 1. The highest BCUT2D eigenvalue weighted by molar-refractivity contribution is 6.18. The molecule has 0 aliphatic carbocycles. The molecule has 96 valence electrons. The second kappa shape index (κ2) is 4.41. The summed E-state index contributed by atoms with van der Waals surface area (Å²) in [7, 11) is 0. The third-order valence-corrected chi connectivity index (χ3v) is 2.74. The Kier molecular flexibility index (Phi) is 2.92. The van der Waals surface area contributed by atoms with Gasteiger partial charge in [0.25, 0.3) is 0 Å². The Morgan fingerprint density at radius 1 is 0.947 bits per heavy atom. The number of primary amides is 1. The third kappa shape index (κ3) is 1.99. The van der Waals surface area contributed by atoms with Crippen molar-refractivity contribution in [1.29, 1.82) is 0 Å². The van der Waals surface area contributed by atoms with E-state index in [1.807, 2.05) is 0 Å². The Morgan fingerprint density at radius 3 is 2.11 bits per heavy atom. The Bertz CT molecular complexity index is 720. The van der Waals surface area contributed by atoms with Gasteiger partial charge in [-0.05, 0) is 16.8 Å². The van der Waals surface area contributed by atoms with Crippen molar-refractivity contribution < 1.29 is 24.6 Å². The van der Waals surface area contributed by atoms with E-state index >= 15 is 0 Å². The summed E-state index contributed by atoms with van der Waals surface area (Å²) in [5.74, 6) is -3.90. The van der Waals surface area contributed by atoms with Gasteiger partial charge in [-0.1, -0.05) is 24.3 Å². The van der Waals surface area contributed by atoms with Gasteiger partial charge in [-0.3, -0.25) is 4.79 Å². The molecule has 4 N–H and O–H groups in total. The van der Waals surface area contributed by atoms with Crippen molar-refractivity contribution in [2.45, 2.75) is 0 Å². The van der Waals surface area contributed by atoms with E-state index in [2.05, 4.69) is 0 Å². The van der Waals surface area contributed by atoms with E-state index in [9.17, 15) is 14.4 Å². The van der Waals surface area contributed by atoms with Gasteiger partial charge in [-0.15, -0.1) is 0 Å². The van der Waals surface area contributed by atoms with Gasteiger partial charge in [-0.25, -0.2) is 9.59 Å². The highest BCUT2D eigenvalue weighted by Crippen LogP contribution is 2.26. The van der Waals surface area contributed by atoms with Crippen molar-refractivity contribution in [2.75, 3.05) is 0 Å². The quantitative estimate of drug-likeness (QED) is 0.768. The van der Waals surface area contributed by atoms with Crippen LogP contribution in [0.15, 0.2) is 30.3 Å². The van der Waals surface area contributed by atoms with Crippen LogP contribution in [0.25, 0.3) is 10.8 Å². The SMILES string of the molecule is NC(=O)c1c(C(=O)O)c(C(=O)O)cc2ccccc12. The fraction of sp³-hybridized carbons (Fsp3) is 0. The standard InChI is InChI=1S/C13H9NO5/c14-11(15)9-7-4-2-1-3-6(7)5-8(12(16)17)10(9)13(18)19/h1-5H,(H2,14,15)(H,16,17)(H,18,19). The van der Waals surface area contributed by atoms with Crippen molar-refractivity contribution in [1.82, 2.24) is 0 Å². The molecule has 0 atom stereocenters. The van der Waals surface area contributed by atoms with Crippen LogP contribution >= 0.6 is 0 Å². The summed E-state index contributed by atoms with van der Waals surface area (Å²) >= 11 is 0. The van der Waals surface area contributed by atoms with Gasteiger partial charge in [0, 0.05) is 0 Å². The predicted octanol–water partition coefficient (Wildman–Crippen LogP) is 1.34. The maximum Gasteiger partial charge on any atom is 0.337 e. The number of hydrogen-bond acceptors (Lipinski definition) is 3. The zero-order valence-corrected chi connectivity index (χ0v) is 9.58. The average molecular weight is 259 g/mol. The largest absolute Gasteiger partial charge is 0.478 e. The van der Waals surface area contributed by atoms with E-state index in [4.69, 9.17) is 15.9 Å². The van der Waals surface area contributed by atoms with Crippen molar-refractivity contribution in [2.24, 2.45) is 5.73 Å².